The van der Waals surface area contributed by atoms with Crippen LogP contribution in [-0.2, 0) is 6.54 Å². The van der Waals surface area contributed by atoms with E-state index in [4.69, 9.17) is 4.52 Å². The first kappa shape index (κ1) is 14.2. The molecule has 1 aromatic carbocycles. The molecule has 0 radical (unpaired) electrons. The molecule has 0 aliphatic rings. The quantitative estimate of drug-likeness (QED) is 0.746. The van der Waals surface area contributed by atoms with E-state index in [-0.39, 0.29) is 17.9 Å². The van der Waals surface area contributed by atoms with Crippen LogP contribution in [0.25, 0.3) is 11.3 Å². The molecular weight excluding hydrogens is 285 g/mol. The van der Waals surface area contributed by atoms with Gasteiger partial charge in [-0.2, -0.15) is 5.10 Å². The summed E-state index contributed by atoms with van der Waals surface area (Å²) in [6.45, 7) is 3.90. The molecule has 0 aliphatic heterocycles. The van der Waals surface area contributed by atoms with E-state index in [1.54, 1.807) is 25.1 Å². The lowest BCUT2D eigenvalue weighted by Crippen LogP contribution is -2.23. The Morgan fingerprint density at radius 3 is 2.50 bits per heavy atom. The van der Waals surface area contributed by atoms with E-state index in [1.165, 1.54) is 22.9 Å². The van der Waals surface area contributed by atoms with Crippen LogP contribution in [0, 0.1) is 19.7 Å². The van der Waals surface area contributed by atoms with Gasteiger partial charge in [-0.05, 0) is 44.2 Å². The predicted octanol–water partition coefficient (Wildman–Crippen LogP) is 2.70. The van der Waals surface area contributed by atoms with Gasteiger partial charge in [-0.25, -0.2) is 9.07 Å². The lowest BCUT2D eigenvalue weighted by atomic mass is 10.1. The monoisotopic (exact) mass is 299 g/mol. The number of benzene rings is 1. The van der Waals surface area contributed by atoms with E-state index in [0.29, 0.717) is 11.5 Å². The van der Waals surface area contributed by atoms with E-state index >= 15 is 0 Å². The molecule has 22 heavy (non-hydrogen) atoms. The number of hydrogen-bond acceptors (Lipinski definition) is 4. The van der Waals surface area contributed by atoms with E-state index in [9.17, 15) is 9.18 Å². The van der Waals surface area contributed by atoms with E-state index in [2.05, 4.69) is 10.3 Å². The summed E-state index contributed by atoms with van der Waals surface area (Å²) in [5.41, 5.74) is 2.70. The molecule has 0 saturated carbocycles. The van der Waals surface area contributed by atoms with Gasteiger partial charge in [0.15, 0.2) is 0 Å². The summed E-state index contributed by atoms with van der Waals surface area (Å²) in [5, 5.41) is 8.21. The summed E-state index contributed by atoms with van der Waals surface area (Å²) in [5.74, 6) is 0.353. The molecule has 6 heteroatoms. The van der Waals surface area contributed by atoms with Crippen LogP contribution in [0.1, 0.15) is 17.0 Å². The number of rotatable bonds is 3. The fourth-order valence-electron chi connectivity index (χ4n) is 2.21. The molecule has 0 aliphatic carbocycles. The molecule has 2 aromatic heterocycles. The Labute approximate surface area is 126 Å². The molecule has 2 heterocycles. The summed E-state index contributed by atoms with van der Waals surface area (Å²) < 4.78 is 19.4. The SMILES string of the molecule is Cc1noc(C)c1Cn1nc(-c2ccc(F)cc2)ccc1=O. The number of halogens is 1. The third-order valence-electron chi connectivity index (χ3n) is 3.50. The predicted molar refractivity (Wildman–Crippen MR) is 79.0 cm³/mol. The van der Waals surface area contributed by atoms with Gasteiger partial charge in [0.25, 0.3) is 5.56 Å². The maximum Gasteiger partial charge on any atom is 0.267 e. The van der Waals surface area contributed by atoms with Crippen molar-refractivity contribution in [3.63, 3.8) is 0 Å². The Hall–Kier alpha value is -2.76. The van der Waals surface area contributed by atoms with E-state index < -0.39 is 0 Å². The van der Waals surface area contributed by atoms with Gasteiger partial charge >= 0.3 is 0 Å². The maximum absolute atomic E-state index is 13.0. The number of aryl methyl sites for hydroxylation is 2. The van der Waals surface area contributed by atoms with Crippen molar-refractivity contribution in [2.75, 3.05) is 0 Å². The zero-order chi connectivity index (χ0) is 15.7. The van der Waals surface area contributed by atoms with Crippen LogP contribution in [0.3, 0.4) is 0 Å². The number of hydrogen-bond donors (Lipinski definition) is 0. The van der Waals surface area contributed by atoms with Crippen molar-refractivity contribution < 1.29 is 8.91 Å². The number of nitrogens with zero attached hydrogens (tertiary/aromatic N) is 3. The third kappa shape index (κ3) is 2.67. The summed E-state index contributed by atoms with van der Waals surface area (Å²) in [6, 6.07) is 9.05. The first-order chi connectivity index (χ1) is 10.5. The van der Waals surface area contributed by atoms with Crippen molar-refractivity contribution in [3.8, 4) is 11.3 Å². The molecule has 0 atom stereocenters. The molecular formula is C16H14FN3O2. The van der Waals surface area contributed by atoms with Crippen LogP contribution in [0.15, 0.2) is 45.7 Å². The maximum atomic E-state index is 13.0. The van der Waals surface area contributed by atoms with Gasteiger partial charge in [-0.15, -0.1) is 0 Å². The summed E-state index contributed by atoms with van der Waals surface area (Å²) in [4.78, 5) is 12.0. The van der Waals surface area contributed by atoms with Gasteiger partial charge in [0.1, 0.15) is 11.6 Å². The van der Waals surface area contributed by atoms with Crippen LogP contribution < -0.4 is 5.56 Å². The average molecular weight is 299 g/mol. The molecule has 0 fully saturated rings. The van der Waals surface area contributed by atoms with E-state index in [1.807, 2.05) is 6.92 Å². The zero-order valence-electron chi connectivity index (χ0n) is 12.2. The Kier molecular flexibility index (Phi) is 3.58. The van der Waals surface area contributed by atoms with Gasteiger partial charge in [-0.1, -0.05) is 5.16 Å². The third-order valence-corrected chi connectivity index (χ3v) is 3.50. The molecule has 0 unspecified atom stereocenters. The van der Waals surface area contributed by atoms with Crippen molar-refractivity contribution in [1.82, 2.24) is 14.9 Å². The van der Waals surface area contributed by atoms with Crippen molar-refractivity contribution in [2.24, 2.45) is 0 Å². The Bertz CT molecular complexity index is 846. The van der Waals surface area contributed by atoms with Crippen molar-refractivity contribution in [2.45, 2.75) is 20.4 Å². The lowest BCUT2D eigenvalue weighted by molar-refractivity contribution is 0.391. The second-order valence-electron chi connectivity index (χ2n) is 5.02. The highest BCUT2D eigenvalue weighted by atomic mass is 19.1. The molecule has 3 aromatic rings. The minimum absolute atomic E-state index is 0.217. The molecule has 112 valence electrons. The summed E-state index contributed by atoms with van der Waals surface area (Å²) >= 11 is 0. The van der Waals surface area contributed by atoms with Gasteiger partial charge in [-0.3, -0.25) is 4.79 Å². The standard InChI is InChI=1S/C16H14FN3O2/c1-10-14(11(2)22-19-10)9-20-16(21)8-7-15(18-20)12-3-5-13(17)6-4-12/h3-8H,9H2,1-2H3. The average Bonchev–Trinajstić information content (AvgIpc) is 2.82. The molecule has 0 spiro atoms. The number of aromatic nitrogens is 3. The fraction of sp³-hybridized carbons (Fsp3) is 0.188. The minimum atomic E-state index is -0.312. The highest BCUT2D eigenvalue weighted by molar-refractivity contribution is 5.57. The summed E-state index contributed by atoms with van der Waals surface area (Å²) in [7, 11) is 0. The minimum Gasteiger partial charge on any atom is -0.361 e. The van der Waals surface area contributed by atoms with Crippen molar-refractivity contribution >= 4 is 0 Å². The topological polar surface area (TPSA) is 60.9 Å². The Morgan fingerprint density at radius 1 is 1.14 bits per heavy atom. The normalized spacial score (nSPS) is 10.9. The van der Waals surface area contributed by atoms with E-state index in [0.717, 1.165) is 16.8 Å². The fourth-order valence-corrected chi connectivity index (χ4v) is 2.21. The molecule has 5 nitrogen and oxygen atoms in total. The molecule has 3 rings (SSSR count). The first-order valence-electron chi connectivity index (χ1n) is 6.80. The lowest BCUT2D eigenvalue weighted by Gasteiger charge is -2.07. The van der Waals surface area contributed by atoms with Crippen molar-refractivity contribution in [1.29, 1.82) is 0 Å². The second kappa shape index (κ2) is 5.55. The van der Waals surface area contributed by atoms with Crippen LogP contribution in [0.2, 0.25) is 0 Å². The van der Waals surface area contributed by atoms with Gasteiger partial charge in [0.05, 0.1) is 17.9 Å². The Morgan fingerprint density at radius 2 is 1.86 bits per heavy atom. The van der Waals surface area contributed by atoms with Crippen LogP contribution in [0.4, 0.5) is 4.39 Å². The molecule has 0 amide bonds. The van der Waals surface area contributed by atoms with Crippen LogP contribution in [0.5, 0.6) is 0 Å². The summed E-state index contributed by atoms with van der Waals surface area (Å²) in [6.07, 6.45) is 0. The highest BCUT2D eigenvalue weighted by Crippen LogP contribution is 2.17. The van der Waals surface area contributed by atoms with Gasteiger partial charge in [0, 0.05) is 17.2 Å². The van der Waals surface area contributed by atoms with Crippen LogP contribution >= 0.6 is 0 Å². The smallest absolute Gasteiger partial charge is 0.267 e. The molecule has 0 bridgehead atoms. The van der Waals surface area contributed by atoms with Crippen LogP contribution in [-0.4, -0.2) is 14.9 Å². The molecule has 0 N–H and O–H groups in total. The first-order valence-corrected chi connectivity index (χ1v) is 6.80. The molecule has 0 saturated heterocycles. The highest BCUT2D eigenvalue weighted by Gasteiger charge is 2.12. The Balaban J connectivity index is 2.00. The largest absolute Gasteiger partial charge is 0.361 e. The zero-order valence-corrected chi connectivity index (χ0v) is 12.2. The van der Waals surface area contributed by atoms with Gasteiger partial charge in [0.2, 0.25) is 0 Å². The second-order valence-corrected chi connectivity index (χ2v) is 5.02. The van der Waals surface area contributed by atoms with Gasteiger partial charge < -0.3 is 4.52 Å². The van der Waals surface area contributed by atoms with Crippen molar-refractivity contribution in [3.05, 3.63) is 69.6 Å².